The Bertz CT molecular complexity index is 2060. The number of amides is 2. The number of Topliss-reactive ketones (excluding diaryl/α,β-unsaturated/α-hetero) is 1. The monoisotopic (exact) mass is 721 g/mol. The van der Waals surface area contributed by atoms with Crippen molar-refractivity contribution in [3.63, 3.8) is 0 Å². The number of anilines is 1. The Morgan fingerprint density at radius 1 is 0.837 bits per heavy atom. The lowest BCUT2D eigenvalue weighted by atomic mass is 9.59. The van der Waals surface area contributed by atoms with E-state index in [9.17, 15) is 24.3 Å². The van der Waals surface area contributed by atoms with E-state index >= 15 is 0 Å². The van der Waals surface area contributed by atoms with Gasteiger partial charge in [0.05, 0.1) is 43.3 Å². The van der Waals surface area contributed by atoms with Crippen LogP contribution in [0.25, 0.3) is 12.2 Å². The summed E-state index contributed by atoms with van der Waals surface area (Å²) in [4.78, 5) is 56.5. The highest BCUT2D eigenvalue weighted by Gasteiger charge is 2.57. The van der Waals surface area contributed by atoms with Gasteiger partial charge in [-0.1, -0.05) is 35.9 Å². The van der Waals surface area contributed by atoms with Crippen molar-refractivity contribution in [1.29, 1.82) is 0 Å². The van der Waals surface area contributed by atoms with Gasteiger partial charge in [0.25, 0.3) is 0 Å². The van der Waals surface area contributed by atoms with Crippen LogP contribution in [0.2, 0.25) is 0 Å². The van der Waals surface area contributed by atoms with Crippen LogP contribution in [0, 0.1) is 17.8 Å². The number of benzene rings is 3. The molecular weight excluding hydrogens is 690 g/mol. The van der Waals surface area contributed by atoms with Gasteiger partial charge in [0.2, 0.25) is 11.8 Å². The maximum Gasteiger partial charge on any atom is 0.238 e. The summed E-state index contributed by atoms with van der Waals surface area (Å²) in [6, 6.07) is 17.4. The molecule has 1 fully saturated rings. The van der Waals surface area contributed by atoms with Crippen molar-refractivity contribution in [2.24, 2.45) is 17.8 Å². The second kappa shape index (κ2) is 12.7. The van der Waals surface area contributed by atoms with Crippen molar-refractivity contribution >= 4 is 57.2 Å². The zero-order chi connectivity index (χ0) is 34.6. The number of hydrogen-bond acceptors (Lipinski definition) is 8. The zero-order valence-electron chi connectivity index (χ0n) is 26.9. The third-order valence-corrected chi connectivity index (χ3v) is 10.5. The molecular formula is C39H32BrNO8. The molecule has 0 spiro atoms. The summed E-state index contributed by atoms with van der Waals surface area (Å²) in [5.74, 6) is -2.25. The molecule has 0 bridgehead atoms. The van der Waals surface area contributed by atoms with Crippen LogP contribution in [-0.2, 0) is 19.2 Å². The zero-order valence-corrected chi connectivity index (χ0v) is 28.5. The molecule has 2 amide bonds. The van der Waals surface area contributed by atoms with E-state index in [-0.39, 0.29) is 57.6 Å². The summed E-state index contributed by atoms with van der Waals surface area (Å²) >= 11 is 3.25. The summed E-state index contributed by atoms with van der Waals surface area (Å²) in [6.45, 7) is 0. The molecule has 1 aliphatic heterocycles. The largest absolute Gasteiger partial charge is 0.508 e. The van der Waals surface area contributed by atoms with Crippen molar-refractivity contribution in [3.8, 4) is 23.0 Å². The third kappa shape index (κ3) is 5.40. The summed E-state index contributed by atoms with van der Waals surface area (Å²) < 4.78 is 16.4. The molecule has 9 nitrogen and oxygen atoms in total. The minimum atomic E-state index is -0.788. The molecule has 0 radical (unpaired) electrons. The van der Waals surface area contributed by atoms with E-state index in [1.165, 1.54) is 24.2 Å². The van der Waals surface area contributed by atoms with Crippen LogP contribution >= 0.6 is 15.9 Å². The Morgan fingerprint density at radius 2 is 1.55 bits per heavy atom. The van der Waals surface area contributed by atoms with Gasteiger partial charge in [-0.3, -0.25) is 24.1 Å². The van der Waals surface area contributed by atoms with Crippen molar-refractivity contribution in [3.05, 3.63) is 111 Å². The first kappa shape index (κ1) is 32.3. The van der Waals surface area contributed by atoms with Crippen LogP contribution in [0.15, 0.2) is 94.0 Å². The van der Waals surface area contributed by atoms with Crippen LogP contribution < -0.4 is 19.1 Å². The van der Waals surface area contributed by atoms with Gasteiger partial charge in [-0.2, -0.15) is 0 Å². The number of nitrogens with zero attached hydrogens (tertiary/aromatic N) is 1. The number of carbonyl (C=O) groups excluding carboxylic acids is 4. The fraction of sp³-hybridized carbons (Fsp3) is 0.231. The molecule has 4 atom stereocenters. The predicted octanol–water partition coefficient (Wildman–Crippen LogP) is 6.56. The van der Waals surface area contributed by atoms with Gasteiger partial charge in [-0.25, -0.2) is 0 Å². The van der Waals surface area contributed by atoms with E-state index in [1.54, 1.807) is 38.5 Å². The summed E-state index contributed by atoms with van der Waals surface area (Å²) in [6.07, 6.45) is 7.39. The van der Waals surface area contributed by atoms with E-state index < -0.39 is 23.7 Å². The molecule has 1 saturated heterocycles. The van der Waals surface area contributed by atoms with E-state index in [1.807, 2.05) is 48.6 Å². The normalized spacial score (nSPS) is 23.2. The van der Waals surface area contributed by atoms with Crippen molar-refractivity contribution in [1.82, 2.24) is 0 Å². The molecule has 0 saturated carbocycles. The topological polar surface area (TPSA) is 119 Å². The quantitative estimate of drug-likeness (QED) is 0.126. The molecule has 4 unspecified atom stereocenters. The first-order valence-electron chi connectivity index (χ1n) is 15.8. The minimum Gasteiger partial charge on any atom is -0.508 e. The molecule has 49 heavy (non-hydrogen) atoms. The first-order valence-corrected chi connectivity index (χ1v) is 16.6. The number of phenols is 1. The van der Waals surface area contributed by atoms with E-state index in [4.69, 9.17) is 14.2 Å². The average molecular weight is 723 g/mol. The van der Waals surface area contributed by atoms with Crippen LogP contribution in [0.1, 0.15) is 35.4 Å². The Kier molecular flexibility index (Phi) is 8.36. The highest BCUT2D eigenvalue weighted by Crippen LogP contribution is 2.56. The number of allylic oxidation sites excluding steroid dienone is 6. The number of fused-ring (bicyclic) bond motifs is 3. The van der Waals surface area contributed by atoms with Gasteiger partial charge in [0, 0.05) is 34.3 Å². The molecule has 248 valence electrons. The second-order valence-electron chi connectivity index (χ2n) is 12.4. The van der Waals surface area contributed by atoms with Gasteiger partial charge < -0.3 is 19.3 Å². The van der Waals surface area contributed by atoms with Gasteiger partial charge in [0.15, 0.2) is 11.6 Å². The number of methoxy groups -OCH3 is 3. The van der Waals surface area contributed by atoms with Crippen molar-refractivity contribution < 1.29 is 38.5 Å². The Balaban J connectivity index is 1.22. The lowest BCUT2D eigenvalue weighted by molar-refractivity contribution is -0.123. The highest BCUT2D eigenvalue weighted by molar-refractivity contribution is 9.12. The number of halogens is 1. The molecule has 7 rings (SSSR count). The number of phenolic OH excluding ortho intramolecular Hbond substituents is 1. The Morgan fingerprint density at radius 3 is 2.27 bits per heavy atom. The van der Waals surface area contributed by atoms with Crippen LogP contribution in [0.3, 0.4) is 0 Å². The average Bonchev–Trinajstić information content (AvgIpc) is 3.38. The standard InChI is InChI=1S/C39H32BrNO8/c1-47-23-11-15-33(49-3)21(16-23)7-4-20-5-8-22(9-6-20)41-38(45)26-13-12-25-27(35(26)39(41)46)18-29-36(32(43)19-30(40)37(29)44)34(25)28-17-24(48-2)10-14-31(28)42/h4-12,14-17,19,26-27,34-35,42H,13,18H2,1-3H3. The maximum atomic E-state index is 14.3. The van der Waals surface area contributed by atoms with Gasteiger partial charge in [-0.15, -0.1) is 0 Å². The van der Waals surface area contributed by atoms with E-state index in [0.29, 0.717) is 28.5 Å². The number of imide groups is 1. The number of carbonyl (C=O) groups is 4. The van der Waals surface area contributed by atoms with Crippen LogP contribution in [-0.4, -0.2) is 49.8 Å². The lowest BCUT2D eigenvalue weighted by Crippen LogP contribution is -2.39. The van der Waals surface area contributed by atoms with Crippen LogP contribution in [0.4, 0.5) is 5.69 Å². The lowest BCUT2D eigenvalue weighted by Gasteiger charge is -2.42. The molecule has 1 heterocycles. The maximum absolute atomic E-state index is 14.3. The molecule has 3 aromatic carbocycles. The van der Waals surface area contributed by atoms with Gasteiger partial charge >= 0.3 is 0 Å². The third-order valence-electron chi connectivity index (χ3n) is 9.92. The van der Waals surface area contributed by atoms with Crippen LogP contribution in [0.5, 0.6) is 23.0 Å². The predicted molar refractivity (Wildman–Crippen MR) is 187 cm³/mol. The number of hydrogen-bond donors (Lipinski definition) is 1. The fourth-order valence-corrected chi connectivity index (χ4v) is 8.04. The second-order valence-corrected chi connectivity index (χ2v) is 13.2. The smallest absolute Gasteiger partial charge is 0.238 e. The molecule has 3 aliphatic carbocycles. The first-order chi connectivity index (χ1) is 23.6. The van der Waals surface area contributed by atoms with Crippen molar-refractivity contribution in [2.45, 2.75) is 18.8 Å². The molecule has 4 aliphatic rings. The Labute approximate surface area is 291 Å². The van der Waals surface area contributed by atoms with Gasteiger partial charge in [-0.05, 0) is 88.8 Å². The van der Waals surface area contributed by atoms with Crippen molar-refractivity contribution in [2.75, 3.05) is 26.2 Å². The van der Waals surface area contributed by atoms with E-state index in [0.717, 1.165) is 16.7 Å². The summed E-state index contributed by atoms with van der Waals surface area (Å²) in [5, 5.41) is 11.0. The van der Waals surface area contributed by atoms with Gasteiger partial charge in [0.1, 0.15) is 23.0 Å². The number of aromatic hydroxyl groups is 1. The SMILES string of the molecule is COc1ccc(OC)c(C=Cc2ccc(N3C(=O)C4CC=C5C(c6cc(OC)ccc6O)C6=C(CC5C4C3=O)C(=O)C(Br)=CC6=O)cc2)c1. The number of rotatable bonds is 7. The molecule has 10 heteroatoms. The van der Waals surface area contributed by atoms with E-state index in [2.05, 4.69) is 15.9 Å². The minimum absolute atomic E-state index is 0.0652. The summed E-state index contributed by atoms with van der Waals surface area (Å²) in [5.41, 5.74) is 3.84. The molecule has 3 aromatic rings. The summed E-state index contributed by atoms with van der Waals surface area (Å²) in [7, 11) is 4.70. The number of ketones is 2. The fourth-order valence-electron chi connectivity index (χ4n) is 7.60. The Hall–Kier alpha value is -5.22. The molecule has 1 N–H and O–H groups in total. The number of ether oxygens (including phenoxy) is 3. The molecule has 0 aromatic heterocycles. The highest BCUT2D eigenvalue weighted by atomic mass is 79.9.